The van der Waals surface area contributed by atoms with Crippen LogP contribution in [0.15, 0.2) is 54.4 Å². The summed E-state index contributed by atoms with van der Waals surface area (Å²) in [6.07, 6.45) is 0.928. The number of ether oxygens (including phenoxy) is 3. The standard InChI is InChI=1S/C21H14ClN3O4/c22-8-19(26)25-16(9-23)20(14-10-24-15-4-2-1-3-13(14)15)29-21(25)12-5-6-17-18(7-12)28-11-27-17/h1-7,10,21,24H,8,11H2. The number of carbonyl (C=O) groups excluding carboxylic acids is 1. The highest BCUT2D eigenvalue weighted by Crippen LogP contribution is 2.44. The number of rotatable bonds is 3. The van der Waals surface area contributed by atoms with E-state index < -0.39 is 12.1 Å². The van der Waals surface area contributed by atoms with E-state index in [4.69, 9.17) is 25.8 Å². The number of halogens is 1. The normalized spacial score (nSPS) is 17.5. The second-order valence-electron chi connectivity index (χ2n) is 6.52. The molecule has 1 aromatic heterocycles. The average Bonchev–Trinajstić information content (AvgIpc) is 3.47. The number of H-pyrrole nitrogens is 1. The Morgan fingerprint density at radius 2 is 2.07 bits per heavy atom. The second kappa shape index (κ2) is 6.76. The van der Waals surface area contributed by atoms with Crippen LogP contribution < -0.4 is 9.47 Å². The maximum absolute atomic E-state index is 12.6. The fourth-order valence-electron chi connectivity index (χ4n) is 3.61. The molecule has 0 spiro atoms. The van der Waals surface area contributed by atoms with Crippen molar-refractivity contribution in [3.05, 3.63) is 65.5 Å². The number of nitrogens with one attached hydrogen (secondary N) is 1. The summed E-state index contributed by atoms with van der Waals surface area (Å²) in [4.78, 5) is 17.1. The molecule has 0 saturated heterocycles. The molecule has 3 heterocycles. The lowest BCUT2D eigenvalue weighted by molar-refractivity contribution is -0.132. The van der Waals surface area contributed by atoms with Gasteiger partial charge < -0.3 is 19.2 Å². The Bertz CT molecular complexity index is 1210. The number of aromatic amines is 1. The molecule has 1 unspecified atom stereocenters. The molecule has 2 aromatic carbocycles. The third-order valence-corrected chi connectivity index (χ3v) is 5.15. The molecule has 29 heavy (non-hydrogen) atoms. The van der Waals surface area contributed by atoms with Gasteiger partial charge >= 0.3 is 0 Å². The van der Waals surface area contributed by atoms with Gasteiger partial charge in [-0.2, -0.15) is 5.26 Å². The Balaban J connectivity index is 1.64. The van der Waals surface area contributed by atoms with Gasteiger partial charge in [-0.3, -0.25) is 9.69 Å². The third-order valence-electron chi connectivity index (χ3n) is 4.92. The van der Waals surface area contributed by atoms with Crippen LogP contribution in [0.4, 0.5) is 0 Å². The number of aromatic nitrogens is 1. The number of amides is 1. The molecule has 0 bridgehead atoms. The zero-order chi connectivity index (χ0) is 20.0. The lowest BCUT2D eigenvalue weighted by Gasteiger charge is -2.23. The summed E-state index contributed by atoms with van der Waals surface area (Å²) in [5.41, 5.74) is 2.36. The second-order valence-corrected chi connectivity index (χ2v) is 6.79. The highest BCUT2D eigenvalue weighted by molar-refractivity contribution is 6.27. The monoisotopic (exact) mass is 407 g/mol. The predicted octanol–water partition coefficient (Wildman–Crippen LogP) is 3.89. The quantitative estimate of drug-likeness (QED) is 0.665. The summed E-state index contributed by atoms with van der Waals surface area (Å²) >= 11 is 5.84. The summed E-state index contributed by atoms with van der Waals surface area (Å²) in [5.74, 6) is 0.791. The molecular weight excluding hydrogens is 394 g/mol. The SMILES string of the molecule is N#CC1=C(c2c[nH]c3ccccc23)OC(c2ccc3c(c2)OCO3)N1C(=O)CCl. The minimum Gasteiger partial charge on any atom is -0.462 e. The van der Waals surface area contributed by atoms with E-state index in [-0.39, 0.29) is 18.4 Å². The number of carbonyl (C=O) groups is 1. The van der Waals surface area contributed by atoms with E-state index in [1.165, 1.54) is 4.90 Å². The molecule has 0 fully saturated rings. The first-order chi connectivity index (χ1) is 14.2. The fraction of sp³-hybridized carbons (Fsp3) is 0.143. The van der Waals surface area contributed by atoms with Crippen molar-refractivity contribution in [3.63, 3.8) is 0 Å². The van der Waals surface area contributed by atoms with Gasteiger partial charge in [0.05, 0.1) is 0 Å². The highest BCUT2D eigenvalue weighted by Gasteiger charge is 2.40. The largest absolute Gasteiger partial charge is 0.462 e. The first-order valence-electron chi connectivity index (χ1n) is 8.86. The summed E-state index contributed by atoms with van der Waals surface area (Å²) in [6.45, 7) is 0.136. The number of hydrogen-bond acceptors (Lipinski definition) is 5. The van der Waals surface area contributed by atoms with Gasteiger partial charge in [0, 0.05) is 28.2 Å². The first-order valence-corrected chi connectivity index (χ1v) is 9.40. The molecule has 144 valence electrons. The summed E-state index contributed by atoms with van der Waals surface area (Å²) < 4.78 is 17.0. The number of allylic oxidation sites excluding steroid dienone is 1. The molecule has 1 N–H and O–H groups in total. The molecule has 7 nitrogen and oxygen atoms in total. The van der Waals surface area contributed by atoms with Crippen LogP contribution in [0, 0.1) is 11.3 Å². The Kier molecular flexibility index (Phi) is 4.07. The lowest BCUT2D eigenvalue weighted by atomic mass is 10.1. The minimum atomic E-state index is -0.839. The smallest absolute Gasteiger partial charge is 0.245 e. The van der Waals surface area contributed by atoms with Crippen molar-refractivity contribution in [2.75, 3.05) is 12.7 Å². The topological polar surface area (TPSA) is 87.6 Å². The van der Waals surface area contributed by atoms with Gasteiger partial charge in [-0.25, -0.2) is 0 Å². The van der Waals surface area contributed by atoms with Gasteiger partial charge in [0.2, 0.25) is 18.9 Å². The maximum atomic E-state index is 12.6. The van der Waals surface area contributed by atoms with Crippen molar-refractivity contribution in [2.45, 2.75) is 6.23 Å². The van der Waals surface area contributed by atoms with Crippen LogP contribution in [0.5, 0.6) is 11.5 Å². The van der Waals surface area contributed by atoms with Crippen LogP contribution in [0.3, 0.4) is 0 Å². The number of hydrogen-bond donors (Lipinski definition) is 1. The molecule has 2 aliphatic rings. The summed E-state index contributed by atoms with van der Waals surface area (Å²) in [5, 5.41) is 10.8. The van der Waals surface area contributed by atoms with Gasteiger partial charge in [-0.15, -0.1) is 11.6 Å². The number of fused-ring (bicyclic) bond motifs is 2. The van der Waals surface area contributed by atoms with E-state index in [0.29, 0.717) is 28.4 Å². The maximum Gasteiger partial charge on any atom is 0.245 e. The van der Waals surface area contributed by atoms with Crippen molar-refractivity contribution in [3.8, 4) is 17.6 Å². The van der Waals surface area contributed by atoms with Crippen LogP contribution in [0.25, 0.3) is 16.7 Å². The third kappa shape index (κ3) is 2.69. The van der Waals surface area contributed by atoms with Crippen LogP contribution in [-0.2, 0) is 9.53 Å². The molecule has 2 aliphatic heterocycles. The van der Waals surface area contributed by atoms with Crippen LogP contribution in [0.1, 0.15) is 17.4 Å². The average molecular weight is 408 g/mol. The Hall–Kier alpha value is -3.63. The zero-order valence-electron chi connectivity index (χ0n) is 15.0. The minimum absolute atomic E-state index is 0.114. The van der Waals surface area contributed by atoms with E-state index in [1.807, 2.05) is 24.3 Å². The molecule has 0 aliphatic carbocycles. The molecule has 5 rings (SSSR count). The van der Waals surface area contributed by atoms with E-state index in [0.717, 1.165) is 10.9 Å². The van der Waals surface area contributed by atoms with Crippen molar-refractivity contribution in [1.82, 2.24) is 9.88 Å². The molecule has 1 atom stereocenters. The van der Waals surface area contributed by atoms with Crippen molar-refractivity contribution >= 4 is 34.2 Å². The van der Waals surface area contributed by atoms with Crippen molar-refractivity contribution in [1.29, 1.82) is 5.26 Å². The Morgan fingerprint density at radius 1 is 1.24 bits per heavy atom. The van der Waals surface area contributed by atoms with Gasteiger partial charge in [-0.05, 0) is 24.3 Å². The molecule has 3 aromatic rings. The van der Waals surface area contributed by atoms with E-state index >= 15 is 0 Å². The number of benzene rings is 2. The number of para-hydroxylation sites is 1. The van der Waals surface area contributed by atoms with Crippen molar-refractivity contribution in [2.24, 2.45) is 0 Å². The van der Waals surface area contributed by atoms with E-state index in [1.54, 1.807) is 24.4 Å². The Labute approximate surface area is 170 Å². The molecule has 0 radical (unpaired) electrons. The number of alkyl halides is 1. The molecule has 1 amide bonds. The fourth-order valence-corrected chi connectivity index (χ4v) is 3.73. The van der Waals surface area contributed by atoms with Gasteiger partial charge in [0.15, 0.2) is 23.0 Å². The van der Waals surface area contributed by atoms with Gasteiger partial charge in [0.25, 0.3) is 0 Å². The van der Waals surface area contributed by atoms with E-state index in [2.05, 4.69) is 11.1 Å². The predicted molar refractivity (Wildman–Crippen MR) is 105 cm³/mol. The zero-order valence-corrected chi connectivity index (χ0v) is 15.8. The lowest BCUT2D eigenvalue weighted by Crippen LogP contribution is -2.31. The Morgan fingerprint density at radius 3 is 2.90 bits per heavy atom. The summed E-state index contributed by atoms with van der Waals surface area (Å²) in [6, 6.07) is 15.1. The summed E-state index contributed by atoms with van der Waals surface area (Å²) in [7, 11) is 0. The molecular formula is C21H14ClN3O4. The van der Waals surface area contributed by atoms with Crippen LogP contribution in [-0.4, -0.2) is 28.5 Å². The molecule has 8 heteroatoms. The highest BCUT2D eigenvalue weighted by atomic mass is 35.5. The van der Waals surface area contributed by atoms with Gasteiger partial charge in [0.1, 0.15) is 11.9 Å². The van der Waals surface area contributed by atoms with Crippen molar-refractivity contribution < 1.29 is 19.0 Å². The van der Waals surface area contributed by atoms with Crippen LogP contribution in [0.2, 0.25) is 0 Å². The van der Waals surface area contributed by atoms with Crippen LogP contribution >= 0.6 is 11.6 Å². The number of nitrogens with zero attached hydrogens (tertiary/aromatic N) is 2. The first kappa shape index (κ1) is 17.5. The number of nitriles is 1. The molecule has 0 saturated carbocycles. The van der Waals surface area contributed by atoms with Gasteiger partial charge in [-0.1, -0.05) is 18.2 Å². The van der Waals surface area contributed by atoms with E-state index in [9.17, 15) is 10.1 Å².